The van der Waals surface area contributed by atoms with E-state index < -0.39 is 39.5 Å². The summed E-state index contributed by atoms with van der Waals surface area (Å²) in [6.07, 6.45) is 2.50. The first-order valence-electron chi connectivity index (χ1n) is 11.2. The van der Waals surface area contributed by atoms with Crippen LogP contribution in [0.4, 0.5) is 15.8 Å². The number of rotatable bonds is 6. The highest BCUT2D eigenvalue weighted by Gasteiger charge is 2.45. The zero-order valence-electron chi connectivity index (χ0n) is 19.9. The van der Waals surface area contributed by atoms with Crippen LogP contribution in [-0.2, 0) is 19.6 Å². The van der Waals surface area contributed by atoms with Crippen LogP contribution >= 0.6 is 11.6 Å². The van der Waals surface area contributed by atoms with Crippen LogP contribution in [0.5, 0.6) is 0 Å². The molecule has 1 fully saturated rings. The molecule has 1 aromatic heterocycles. The van der Waals surface area contributed by atoms with Gasteiger partial charge in [-0.1, -0.05) is 17.7 Å². The van der Waals surface area contributed by atoms with Crippen molar-refractivity contribution >= 4 is 44.8 Å². The Kier molecular flexibility index (Phi) is 7.49. The van der Waals surface area contributed by atoms with E-state index in [9.17, 15) is 27.2 Å². The van der Waals surface area contributed by atoms with Gasteiger partial charge >= 0.3 is 0 Å². The number of anilines is 2. The summed E-state index contributed by atoms with van der Waals surface area (Å²) in [4.78, 5) is 38.5. The Bertz CT molecular complexity index is 1520. The Morgan fingerprint density at radius 3 is 2.22 bits per heavy atom. The van der Waals surface area contributed by atoms with Gasteiger partial charge in [0.05, 0.1) is 29.5 Å². The monoisotopic (exact) mass is 546 g/mol. The third-order valence-corrected chi connectivity index (χ3v) is 7.66. The molecule has 3 aromatic rings. The van der Waals surface area contributed by atoms with E-state index in [0.29, 0.717) is 16.3 Å². The quantitative estimate of drug-likeness (QED) is 0.493. The first-order valence-corrected chi connectivity index (χ1v) is 13.5. The first-order chi connectivity index (χ1) is 17.4. The Balaban J connectivity index is 1.56. The molecule has 2 heterocycles. The molecule has 37 heavy (non-hydrogen) atoms. The molecule has 2 amide bonds. The van der Waals surface area contributed by atoms with Crippen molar-refractivity contribution in [3.63, 3.8) is 0 Å². The van der Waals surface area contributed by atoms with E-state index in [2.05, 4.69) is 10.6 Å². The molecule has 0 aliphatic carbocycles. The summed E-state index contributed by atoms with van der Waals surface area (Å²) in [7, 11) is -3.69. The number of carbonyl (C=O) groups is 2. The van der Waals surface area contributed by atoms with Crippen molar-refractivity contribution in [2.24, 2.45) is 11.8 Å². The van der Waals surface area contributed by atoms with Gasteiger partial charge in [-0.2, -0.15) is 0 Å². The molecular formula is C25H24ClFN4O5S. The lowest BCUT2D eigenvalue weighted by atomic mass is 9.94. The lowest BCUT2D eigenvalue weighted by molar-refractivity contribution is -0.127. The van der Waals surface area contributed by atoms with E-state index in [-0.39, 0.29) is 30.0 Å². The molecule has 0 spiro atoms. The van der Waals surface area contributed by atoms with Crippen LogP contribution < -0.4 is 16.2 Å². The average Bonchev–Trinajstić information content (AvgIpc) is 3.30. The average molecular weight is 547 g/mol. The zero-order valence-corrected chi connectivity index (χ0v) is 21.5. The van der Waals surface area contributed by atoms with Gasteiger partial charge in [0.1, 0.15) is 5.82 Å². The van der Waals surface area contributed by atoms with Crippen LogP contribution in [0.15, 0.2) is 65.6 Å². The van der Waals surface area contributed by atoms with Crippen molar-refractivity contribution in [1.29, 1.82) is 0 Å². The van der Waals surface area contributed by atoms with Gasteiger partial charge in [-0.25, -0.2) is 17.1 Å². The molecule has 1 saturated heterocycles. The summed E-state index contributed by atoms with van der Waals surface area (Å²) >= 11 is 5.87. The number of amides is 2. The van der Waals surface area contributed by atoms with Gasteiger partial charge in [0.25, 0.3) is 5.56 Å². The maximum absolute atomic E-state index is 14.9. The van der Waals surface area contributed by atoms with Crippen LogP contribution in [0.3, 0.4) is 0 Å². The maximum Gasteiger partial charge on any atom is 0.257 e. The molecule has 0 bridgehead atoms. The standard InChI is InChI=1S/C25H24ClFN4O5S/c1-15-4-3-11-31(25(15)34)18-9-10-22(21(27)12-18)29-24(33)20-14-30(37(2,35)36)13-19(20)23(32)28-17-7-5-16(26)6-8-17/h3-12,19-20H,13-14H2,1-2H3,(H,28,32)(H,29,33)/t19-,20-/m0/s1. The maximum atomic E-state index is 14.9. The van der Waals surface area contributed by atoms with E-state index in [1.165, 1.54) is 22.9 Å². The van der Waals surface area contributed by atoms with E-state index in [0.717, 1.165) is 16.6 Å². The molecule has 0 unspecified atom stereocenters. The van der Waals surface area contributed by atoms with E-state index in [1.54, 1.807) is 43.3 Å². The van der Waals surface area contributed by atoms with Crippen molar-refractivity contribution < 1.29 is 22.4 Å². The number of pyridine rings is 1. The van der Waals surface area contributed by atoms with E-state index >= 15 is 0 Å². The molecule has 194 valence electrons. The smallest absolute Gasteiger partial charge is 0.257 e. The van der Waals surface area contributed by atoms with Crippen LogP contribution in [0.2, 0.25) is 5.02 Å². The second-order valence-electron chi connectivity index (χ2n) is 8.81. The van der Waals surface area contributed by atoms with Gasteiger partial charge in [0, 0.05) is 41.6 Å². The molecule has 12 heteroatoms. The van der Waals surface area contributed by atoms with Crippen molar-refractivity contribution in [2.45, 2.75) is 6.92 Å². The third-order valence-electron chi connectivity index (χ3n) is 6.17. The van der Waals surface area contributed by atoms with Crippen LogP contribution in [-0.4, -0.2) is 48.4 Å². The lowest BCUT2D eigenvalue weighted by Gasteiger charge is -2.18. The lowest BCUT2D eigenvalue weighted by Crippen LogP contribution is -2.35. The highest BCUT2D eigenvalue weighted by molar-refractivity contribution is 7.88. The summed E-state index contributed by atoms with van der Waals surface area (Å²) in [5.74, 6) is -4.14. The Hall–Kier alpha value is -3.54. The summed E-state index contributed by atoms with van der Waals surface area (Å²) in [6, 6.07) is 13.5. The van der Waals surface area contributed by atoms with Crippen LogP contribution in [0, 0.1) is 24.6 Å². The molecule has 1 aliphatic rings. The molecule has 0 saturated carbocycles. The predicted octanol–water partition coefficient (Wildman–Crippen LogP) is 3.02. The Morgan fingerprint density at radius 1 is 1.00 bits per heavy atom. The first kappa shape index (κ1) is 26.5. The summed E-state index contributed by atoms with van der Waals surface area (Å²) in [5.41, 5.74) is 0.719. The minimum Gasteiger partial charge on any atom is -0.326 e. The number of benzene rings is 2. The molecule has 1 aliphatic heterocycles. The number of aromatic nitrogens is 1. The van der Waals surface area contributed by atoms with Gasteiger partial charge in [-0.05, 0) is 49.4 Å². The fourth-order valence-electron chi connectivity index (χ4n) is 4.12. The fourth-order valence-corrected chi connectivity index (χ4v) is 5.11. The minimum absolute atomic E-state index is 0.163. The highest BCUT2D eigenvalue weighted by atomic mass is 35.5. The van der Waals surface area contributed by atoms with Gasteiger partial charge < -0.3 is 10.6 Å². The number of sulfonamides is 1. The Labute approximate surface area is 217 Å². The van der Waals surface area contributed by atoms with Crippen molar-refractivity contribution in [3.05, 3.63) is 87.6 Å². The highest BCUT2D eigenvalue weighted by Crippen LogP contribution is 2.29. The van der Waals surface area contributed by atoms with Crippen LogP contribution in [0.25, 0.3) is 5.69 Å². The Morgan fingerprint density at radius 2 is 1.62 bits per heavy atom. The van der Waals surface area contributed by atoms with Crippen LogP contribution in [0.1, 0.15) is 5.56 Å². The second-order valence-corrected chi connectivity index (χ2v) is 11.2. The number of hydrogen-bond donors (Lipinski definition) is 2. The third kappa shape index (κ3) is 5.90. The summed E-state index contributed by atoms with van der Waals surface area (Å²) in [5, 5.41) is 5.61. The van der Waals surface area contributed by atoms with E-state index in [4.69, 9.17) is 11.6 Å². The number of hydrogen-bond acceptors (Lipinski definition) is 5. The number of carbonyl (C=O) groups excluding carboxylic acids is 2. The summed E-state index contributed by atoms with van der Waals surface area (Å²) < 4.78 is 41.6. The van der Waals surface area contributed by atoms with Gasteiger partial charge in [0.2, 0.25) is 21.8 Å². The van der Waals surface area contributed by atoms with E-state index in [1.807, 2.05) is 0 Å². The fraction of sp³-hybridized carbons (Fsp3) is 0.240. The van der Waals surface area contributed by atoms with Crippen molar-refractivity contribution in [1.82, 2.24) is 8.87 Å². The topological polar surface area (TPSA) is 118 Å². The molecule has 4 rings (SSSR count). The molecule has 0 radical (unpaired) electrons. The molecule has 9 nitrogen and oxygen atoms in total. The molecule has 2 aromatic carbocycles. The molecule has 2 N–H and O–H groups in total. The predicted molar refractivity (Wildman–Crippen MR) is 139 cm³/mol. The number of aryl methyl sites for hydroxylation is 1. The van der Waals surface area contributed by atoms with Crippen molar-refractivity contribution in [3.8, 4) is 5.69 Å². The van der Waals surface area contributed by atoms with Crippen molar-refractivity contribution in [2.75, 3.05) is 30.0 Å². The minimum atomic E-state index is -3.69. The largest absolute Gasteiger partial charge is 0.326 e. The SMILES string of the molecule is Cc1cccn(-c2ccc(NC(=O)[C@H]3CN(S(C)(=O)=O)C[C@@H]3C(=O)Nc3ccc(Cl)cc3)c(F)c2)c1=O. The number of nitrogens with zero attached hydrogens (tertiary/aromatic N) is 2. The van der Waals surface area contributed by atoms with Gasteiger partial charge in [0.15, 0.2) is 0 Å². The second kappa shape index (κ2) is 10.4. The summed E-state index contributed by atoms with van der Waals surface area (Å²) in [6.45, 7) is 1.21. The van der Waals surface area contributed by atoms with Gasteiger partial charge in [-0.3, -0.25) is 19.0 Å². The number of halogens is 2. The molecule has 2 atom stereocenters. The number of nitrogens with one attached hydrogen (secondary N) is 2. The van der Waals surface area contributed by atoms with Gasteiger partial charge in [-0.15, -0.1) is 0 Å². The molecular weight excluding hydrogens is 523 g/mol. The zero-order chi connectivity index (χ0) is 26.9. The normalized spacial score (nSPS) is 17.9.